The van der Waals surface area contributed by atoms with Crippen LogP contribution in [0.1, 0.15) is 12.0 Å². The van der Waals surface area contributed by atoms with Crippen molar-refractivity contribution < 1.29 is 27.4 Å². The molecular weight excluding hydrogens is 249 g/mol. The van der Waals surface area contributed by atoms with E-state index in [4.69, 9.17) is 0 Å². The van der Waals surface area contributed by atoms with Gasteiger partial charge in [-0.3, -0.25) is 4.79 Å². The largest absolute Gasteiger partial charge is 0.573 e. The van der Waals surface area contributed by atoms with Crippen LogP contribution in [0.3, 0.4) is 0 Å². The molecule has 0 N–H and O–H groups in total. The van der Waals surface area contributed by atoms with Gasteiger partial charge in [0.1, 0.15) is 5.75 Å². The summed E-state index contributed by atoms with van der Waals surface area (Å²) >= 11 is 0. The lowest BCUT2D eigenvalue weighted by atomic mass is 10.2. The summed E-state index contributed by atoms with van der Waals surface area (Å²) in [4.78, 5) is 10.8. The Morgan fingerprint density at radius 1 is 1.39 bits per heavy atom. The molecule has 98 valence electrons. The lowest BCUT2D eigenvalue weighted by molar-refractivity contribution is -0.274. The Balaban J connectivity index is 2.68. The Morgan fingerprint density at radius 3 is 2.72 bits per heavy atom. The molecule has 1 rings (SSSR count). The van der Waals surface area contributed by atoms with Gasteiger partial charge < -0.3 is 9.47 Å². The Labute approximate surface area is 102 Å². The third-order valence-electron chi connectivity index (χ3n) is 1.91. The number of hydrogen-bond donors (Lipinski definition) is 0. The summed E-state index contributed by atoms with van der Waals surface area (Å²) in [7, 11) is 1.26. The molecule has 0 aromatic heterocycles. The van der Waals surface area contributed by atoms with Crippen LogP contribution in [0.4, 0.5) is 13.2 Å². The number of carbonyl (C=O) groups is 1. The normalized spacial score (nSPS) is 11.6. The number of methoxy groups -OCH3 is 1. The van der Waals surface area contributed by atoms with E-state index in [9.17, 15) is 18.0 Å². The average molecular weight is 260 g/mol. The fourth-order valence-electron chi connectivity index (χ4n) is 1.19. The van der Waals surface area contributed by atoms with Gasteiger partial charge in [-0.25, -0.2) is 0 Å². The summed E-state index contributed by atoms with van der Waals surface area (Å²) in [5, 5.41) is 0. The molecule has 0 saturated carbocycles. The van der Waals surface area contributed by atoms with Gasteiger partial charge in [0.2, 0.25) is 0 Å². The maximum atomic E-state index is 12.0. The van der Waals surface area contributed by atoms with Crippen molar-refractivity contribution in [1.29, 1.82) is 0 Å². The van der Waals surface area contributed by atoms with Crippen LogP contribution >= 0.6 is 0 Å². The first-order valence-corrected chi connectivity index (χ1v) is 5.00. The predicted octanol–water partition coefficient (Wildman–Crippen LogP) is 3.16. The van der Waals surface area contributed by atoms with Crippen LogP contribution < -0.4 is 4.74 Å². The van der Waals surface area contributed by atoms with Gasteiger partial charge in [0.15, 0.2) is 0 Å². The molecule has 0 aliphatic heterocycles. The van der Waals surface area contributed by atoms with Crippen LogP contribution in [0.15, 0.2) is 30.3 Å². The first-order chi connectivity index (χ1) is 8.40. The fourth-order valence-corrected chi connectivity index (χ4v) is 1.19. The highest BCUT2D eigenvalue weighted by Crippen LogP contribution is 2.23. The van der Waals surface area contributed by atoms with Crippen molar-refractivity contribution in [1.82, 2.24) is 0 Å². The number of rotatable bonds is 4. The molecule has 0 spiro atoms. The van der Waals surface area contributed by atoms with Gasteiger partial charge in [0.25, 0.3) is 0 Å². The van der Waals surface area contributed by atoms with E-state index in [1.807, 2.05) is 0 Å². The third-order valence-corrected chi connectivity index (χ3v) is 1.91. The van der Waals surface area contributed by atoms with Crippen molar-refractivity contribution >= 4 is 12.0 Å². The van der Waals surface area contributed by atoms with E-state index in [2.05, 4.69) is 9.47 Å². The molecule has 0 fully saturated rings. The molecule has 6 heteroatoms. The summed E-state index contributed by atoms with van der Waals surface area (Å²) in [5.41, 5.74) is 0.501. The molecule has 0 radical (unpaired) electrons. The summed E-state index contributed by atoms with van der Waals surface area (Å²) in [6.45, 7) is 0. The van der Waals surface area contributed by atoms with E-state index in [1.54, 1.807) is 6.07 Å². The quantitative estimate of drug-likeness (QED) is 0.780. The zero-order chi connectivity index (χ0) is 13.6. The molecule has 18 heavy (non-hydrogen) atoms. The third kappa shape index (κ3) is 5.38. The maximum absolute atomic E-state index is 12.0. The van der Waals surface area contributed by atoms with Crippen molar-refractivity contribution in [2.24, 2.45) is 0 Å². The molecule has 0 saturated heterocycles. The monoisotopic (exact) mass is 260 g/mol. The second-order valence-electron chi connectivity index (χ2n) is 3.30. The number of esters is 1. The molecule has 0 unspecified atom stereocenters. The van der Waals surface area contributed by atoms with Gasteiger partial charge in [0.05, 0.1) is 13.5 Å². The van der Waals surface area contributed by atoms with Crippen molar-refractivity contribution in [3.8, 4) is 5.75 Å². The SMILES string of the molecule is COC(=O)CC=Cc1cccc(OC(F)(F)F)c1. The number of alkyl halides is 3. The van der Waals surface area contributed by atoms with Crippen LogP contribution in [0.25, 0.3) is 6.08 Å². The zero-order valence-electron chi connectivity index (χ0n) is 9.53. The number of benzene rings is 1. The topological polar surface area (TPSA) is 35.5 Å². The van der Waals surface area contributed by atoms with E-state index < -0.39 is 12.3 Å². The van der Waals surface area contributed by atoms with Crippen molar-refractivity contribution in [2.75, 3.05) is 7.11 Å². The highest BCUT2D eigenvalue weighted by atomic mass is 19.4. The summed E-state index contributed by atoms with van der Waals surface area (Å²) < 4.78 is 44.1. The Kier molecular flexibility index (Phi) is 4.76. The van der Waals surface area contributed by atoms with Gasteiger partial charge in [-0.05, 0) is 17.7 Å². The molecule has 0 bridgehead atoms. The molecule has 0 heterocycles. The number of ether oxygens (including phenoxy) is 2. The van der Waals surface area contributed by atoms with Crippen LogP contribution in [0.5, 0.6) is 5.75 Å². The van der Waals surface area contributed by atoms with Crippen molar-refractivity contribution in [2.45, 2.75) is 12.8 Å². The number of halogens is 3. The molecule has 0 aliphatic carbocycles. The smallest absolute Gasteiger partial charge is 0.469 e. The van der Waals surface area contributed by atoms with E-state index in [0.29, 0.717) is 5.56 Å². The van der Waals surface area contributed by atoms with Crippen molar-refractivity contribution in [3.05, 3.63) is 35.9 Å². The van der Waals surface area contributed by atoms with E-state index in [-0.39, 0.29) is 12.2 Å². The highest BCUT2D eigenvalue weighted by Gasteiger charge is 2.30. The molecule has 1 aromatic rings. The first-order valence-electron chi connectivity index (χ1n) is 5.00. The molecular formula is C12H11F3O3. The Morgan fingerprint density at radius 2 is 2.11 bits per heavy atom. The molecule has 1 aromatic carbocycles. The Hall–Kier alpha value is -1.98. The maximum Gasteiger partial charge on any atom is 0.573 e. The number of hydrogen-bond acceptors (Lipinski definition) is 3. The second kappa shape index (κ2) is 6.09. The minimum atomic E-state index is -4.71. The molecule has 0 atom stereocenters. The van der Waals surface area contributed by atoms with Gasteiger partial charge >= 0.3 is 12.3 Å². The van der Waals surface area contributed by atoms with Crippen molar-refractivity contribution in [3.63, 3.8) is 0 Å². The standard InChI is InChI=1S/C12H11F3O3/c1-17-11(16)7-3-5-9-4-2-6-10(8-9)18-12(13,14)15/h2-6,8H,7H2,1H3. The minimum absolute atomic E-state index is 0.0564. The lowest BCUT2D eigenvalue weighted by Gasteiger charge is -2.08. The number of carbonyl (C=O) groups excluding carboxylic acids is 1. The van der Waals surface area contributed by atoms with Crippen LogP contribution in [-0.2, 0) is 9.53 Å². The molecule has 3 nitrogen and oxygen atoms in total. The minimum Gasteiger partial charge on any atom is -0.469 e. The first kappa shape index (κ1) is 14.1. The van der Waals surface area contributed by atoms with E-state index in [0.717, 1.165) is 0 Å². The predicted molar refractivity (Wildman–Crippen MR) is 58.8 cm³/mol. The van der Waals surface area contributed by atoms with Gasteiger partial charge in [-0.15, -0.1) is 13.2 Å². The van der Waals surface area contributed by atoms with Crippen LogP contribution in [-0.4, -0.2) is 19.4 Å². The average Bonchev–Trinajstić information content (AvgIpc) is 2.27. The summed E-state index contributed by atoms with van der Waals surface area (Å²) in [5.74, 6) is -0.725. The van der Waals surface area contributed by atoms with Gasteiger partial charge in [-0.2, -0.15) is 0 Å². The lowest BCUT2D eigenvalue weighted by Crippen LogP contribution is -2.17. The summed E-state index contributed by atoms with van der Waals surface area (Å²) in [6, 6.07) is 5.45. The second-order valence-corrected chi connectivity index (χ2v) is 3.30. The highest BCUT2D eigenvalue weighted by molar-refractivity contribution is 5.72. The van der Waals surface area contributed by atoms with Gasteiger partial charge in [0, 0.05) is 0 Å². The van der Waals surface area contributed by atoms with Gasteiger partial charge in [-0.1, -0.05) is 24.3 Å². The van der Waals surface area contributed by atoms with E-state index in [1.165, 1.54) is 37.5 Å². The van der Waals surface area contributed by atoms with Crippen LogP contribution in [0.2, 0.25) is 0 Å². The van der Waals surface area contributed by atoms with Crippen LogP contribution in [0, 0.1) is 0 Å². The zero-order valence-corrected chi connectivity index (χ0v) is 9.53. The summed E-state index contributed by atoms with van der Waals surface area (Å²) in [6.07, 6.45) is -1.64. The fraction of sp³-hybridized carbons (Fsp3) is 0.250. The van der Waals surface area contributed by atoms with E-state index >= 15 is 0 Å². The molecule has 0 amide bonds. The molecule has 0 aliphatic rings. The Bertz CT molecular complexity index is 438.